The van der Waals surface area contributed by atoms with E-state index >= 15 is 0 Å². The molecule has 1 aliphatic rings. The van der Waals surface area contributed by atoms with Crippen LogP contribution in [0.15, 0.2) is 60.7 Å². The lowest BCUT2D eigenvalue weighted by molar-refractivity contribution is -0.312. The predicted molar refractivity (Wildman–Crippen MR) is 120 cm³/mol. The Balaban J connectivity index is 1.83. The number of ether oxygens (including phenoxy) is 5. The van der Waals surface area contributed by atoms with Crippen LogP contribution in [0.4, 0.5) is 0 Å². The zero-order valence-corrected chi connectivity index (χ0v) is 18.9. The van der Waals surface area contributed by atoms with E-state index in [1.54, 1.807) is 0 Å². The summed E-state index contributed by atoms with van der Waals surface area (Å²) in [5, 5.41) is 18.8. The van der Waals surface area contributed by atoms with Crippen molar-refractivity contribution in [3.8, 4) is 0 Å². The van der Waals surface area contributed by atoms with Gasteiger partial charge < -0.3 is 33.9 Å². The summed E-state index contributed by atoms with van der Waals surface area (Å²) in [6.45, 7) is 0.441. The van der Waals surface area contributed by atoms with Gasteiger partial charge in [-0.15, -0.1) is 0 Å². The molecule has 0 saturated carbocycles. The quantitative estimate of drug-likeness (QED) is 0.422. The summed E-state index contributed by atoms with van der Waals surface area (Å²) in [4.78, 5) is 22.9. The van der Waals surface area contributed by atoms with Crippen LogP contribution in [0, 0.1) is 0 Å². The molecule has 34 heavy (non-hydrogen) atoms. The maximum atomic E-state index is 12.1. The van der Waals surface area contributed by atoms with E-state index in [4.69, 9.17) is 28.8 Å². The highest BCUT2D eigenvalue weighted by molar-refractivity contribution is 5.73. The predicted octanol–water partition coefficient (Wildman–Crippen LogP) is 2.86. The van der Waals surface area contributed by atoms with Crippen LogP contribution in [0.1, 0.15) is 24.0 Å². The molecule has 184 valence electrons. The van der Waals surface area contributed by atoms with Gasteiger partial charge in [-0.3, -0.25) is 4.79 Å². The second-order valence-electron chi connectivity index (χ2n) is 7.85. The highest BCUT2D eigenvalue weighted by Crippen LogP contribution is 2.30. The Labute approximate surface area is 198 Å². The van der Waals surface area contributed by atoms with Crippen LogP contribution < -0.4 is 0 Å². The minimum absolute atomic E-state index is 0.0630. The van der Waals surface area contributed by atoms with Crippen LogP contribution >= 0.6 is 0 Å². The summed E-state index contributed by atoms with van der Waals surface area (Å²) in [6.07, 6.45) is -4.88. The molecule has 0 radical (unpaired) electrons. The molecule has 0 aromatic heterocycles. The second-order valence-corrected chi connectivity index (χ2v) is 7.85. The van der Waals surface area contributed by atoms with E-state index in [0.717, 1.165) is 11.1 Å². The Morgan fingerprint density at radius 3 is 1.88 bits per heavy atom. The molecule has 0 amide bonds. The number of hydrogen-bond acceptors (Lipinski definition) is 7. The number of aliphatic carboxylic acids is 2. The monoisotopic (exact) mass is 474 g/mol. The van der Waals surface area contributed by atoms with Crippen LogP contribution in [0.3, 0.4) is 0 Å². The number of carboxylic acid groups (broad SMARTS) is 2. The molecule has 0 bridgehead atoms. The summed E-state index contributed by atoms with van der Waals surface area (Å²) in [7, 11) is 1.39. The van der Waals surface area contributed by atoms with Crippen LogP contribution in [0.25, 0.3) is 0 Å². The van der Waals surface area contributed by atoms with Crippen LogP contribution in [0.2, 0.25) is 0 Å². The van der Waals surface area contributed by atoms with Crippen molar-refractivity contribution >= 4 is 11.9 Å². The molecule has 9 nitrogen and oxygen atoms in total. The van der Waals surface area contributed by atoms with Crippen molar-refractivity contribution in [2.75, 3.05) is 13.7 Å². The van der Waals surface area contributed by atoms with Gasteiger partial charge in [0.2, 0.25) is 0 Å². The standard InChI is InChI=1S/C25H30O9/c1-30-25-23(31-14-8-13-19(26)27)21(33-16-18-11-6-3-7-12-18)20(22(34-25)24(28)29)32-15-17-9-4-2-5-10-17/h2-7,9-12,20-23,25H,8,13-16H2,1H3,(H,26,27)(H,28,29)/t20-,21-,22-,23+,25-/m0/s1. The zero-order chi connectivity index (χ0) is 24.3. The molecule has 2 aromatic carbocycles. The van der Waals surface area contributed by atoms with Crippen LogP contribution in [-0.4, -0.2) is 66.6 Å². The zero-order valence-electron chi connectivity index (χ0n) is 18.9. The summed E-state index contributed by atoms with van der Waals surface area (Å²) >= 11 is 0. The summed E-state index contributed by atoms with van der Waals surface area (Å²) < 4.78 is 29.3. The van der Waals surface area contributed by atoms with E-state index < -0.39 is 42.6 Å². The van der Waals surface area contributed by atoms with Gasteiger partial charge in [-0.1, -0.05) is 60.7 Å². The molecular weight excluding hydrogens is 444 g/mol. The van der Waals surface area contributed by atoms with Crippen molar-refractivity contribution < 1.29 is 43.5 Å². The van der Waals surface area contributed by atoms with E-state index in [9.17, 15) is 14.7 Å². The Morgan fingerprint density at radius 2 is 1.38 bits per heavy atom. The third kappa shape index (κ3) is 7.34. The van der Waals surface area contributed by atoms with Crippen LogP contribution in [0.5, 0.6) is 0 Å². The number of rotatable bonds is 13. The lowest BCUT2D eigenvalue weighted by atomic mass is 9.97. The lowest BCUT2D eigenvalue weighted by Crippen LogP contribution is -2.62. The van der Waals surface area contributed by atoms with Gasteiger partial charge in [0.05, 0.1) is 13.2 Å². The number of benzene rings is 2. The van der Waals surface area contributed by atoms with E-state index in [-0.39, 0.29) is 32.7 Å². The summed E-state index contributed by atoms with van der Waals surface area (Å²) in [5.41, 5.74) is 1.75. The highest BCUT2D eigenvalue weighted by atomic mass is 16.7. The number of carbonyl (C=O) groups is 2. The fourth-order valence-electron chi connectivity index (χ4n) is 3.72. The molecule has 5 atom stereocenters. The van der Waals surface area contributed by atoms with Crippen molar-refractivity contribution in [2.45, 2.75) is 56.8 Å². The van der Waals surface area contributed by atoms with Crippen molar-refractivity contribution in [2.24, 2.45) is 0 Å². The number of methoxy groups -OCH3 is 1. The summed E-state index contributed by atoms with van der Waals surface area (Å²) in [5.74, 6) is -2.14. The van der Waals surface area contributed by atoms with Gasteiger partial charge in [-0.25, -0.2) is 4.79 Å². The molecule has 0 unspecified atom stereocenters. The van der Waals surface area contributed by atoms with Gasteiger partial charge in [0.15, 0.2) is 12.4 Å². The first-order chi connectivity index (χ1) is 16.5. The normalized spacial score (nSPS) is 24.6. The first-order valence-electron chi connectivity index (χ1n) is 11.0. The first kappa shape index (κ1) is 25.8. The average molecular weight is 475 g/mol. The molecule has 0 spiro atoms. The topological polar surface area (TPSA) is 121 Å². The van der Waals surface area contributed by atoms with Gasteiger partial charge in [-0.05, 0) is 17.5 Å². The minimum atomic E-state index is -1.35. The SMILES string of the molecule is CO[C@H]1O[C@H](C(=O)O)[C@@H](OCc2ccccc2)[C@H](OCc2ccccc2)[C@H]1OCCCC(=O)O. The van der Waals surface area contributed by atoms with Gasteiger partial charge >= 0.3 is 11.9 Å². The van der Waals surface area contributed by atoms with Crippen molar-refractivity contribution in [3.05, 3.63) is 71.8 Å². The third-order valence-electron chi connectivity index (χ3n) is 5.39. The molecule has 1 fully saturated rings. The van der Waals surface area contributed by atoms with E-state index in [0.29, 0.717) is 0 Å². The first-order valence-corrected chi connectivity index (χ1v) is 11.0. The van der Waals surface area contributed by atoms with Gasteiger partial charge in [0.25, 0.3) is 0 Å². The fraction of sp³-hybridized carbons (Fsp3) is 0.440. The molecule has 1 aliphatic heterocycles. The maximum Gasteiger partial charge on any atom is 0.335 e. The van der Waals surface area contributed by atoms with E-state index in [1.165, 1.54) is 7.11 Å². The largest absolute Gasteiger partial charge is 0.481 e. The van der Waals surface area contributed by atoms with Gasteiger partial charge in [0.1, 0.15) is 18.3 Å². The molecule has 0 aliphatic carbocycles. The molecule has 1 heterocycles. The highest BCUT2D eigenvalue weighted by Gasteiger charge is 2.51. The maximum absolute atomic E-state index is 12.1. The van der Waals surface area contributed by atoms with Crippen LogP contribution in [-0.2, 0) is 46.5 Å². The molecule has 1 saturated heterocycles. The molecule has 2 aromatic rings. The minimum Gasteiger partial charge on any atom is -0.481 e. The Morgan fingerprint density at radius 1 is 0.824 bits per heavy atom. The Hall–Kier alpha value is -2.82. The molecule has 9 heteroatoms. The summed E-state index contributed by atoms with van der Waals surface area (Å²) in [6, 6.07) is 18.8. The lowest BCUT2D eigenvalue weighted by Gasteiger charge is -2.44. The van der Waals surface area contributed by atoms with Crippen molar-refractivity contribution in [1.29, 1.82) is 0 Å². The fourth-order valence-corrected chi connectivity index (χ4v) is 3.72. The van der Waals surface area contributed by atoms with E-state index in [2.05, 4.69) is 0 Å². The smallest absolute Gasteiger partial charge is 0.335 e. The molecule has 3 rings (SSSR count). The van der Waals surface area contributed by atoms with Crippen molar-refractivity contribution in [3.63, 3.8) is 0 Å². The average Bonchev–Trinajstić information content (AvgIpc) is 2.85. The Bertz CT molecular complexity index is 890. The third-order valence-corrected chi connectivity index (χ3v) is 5.39. The molecular formula is C25H30O9. The van der Waals surface area contributed by atoms with Crippen molar-refractivity contribution in [1.82, 2.24) is 0 Å². The number of hydrogen-bond donors (Lipinski definition) is 2. The van der Waals surface area contributed by atoms with E-state index in [1.807, 2.05) is 60.7 Å². The molecule has 2 N–H and O–H groups in total. The Kier molecular flexibility index (Phi) is 9.99. The van der Waals surface area contributed by atoms with Gasteiger partial charge in [0, 0.05) is 20.1 Å². The second kappa shape index (κ2) is 13.2. The number of carboxylic acids is 2. The van der Waals surface area contributed by atoms with Gasteiger partial charge in [-0.2, -0.15) is 0 Å².